The van der Waals surface area contributed by atoms with Crippen molar-refractivity contribution in [2.75, 3.05) is 11.9 Å². The minimum Gasteiger partial charge on any atom is -0.494 e. The lowest BCUT2D eigenvalue weighted by atomic mass is 9.95. The number of carbonyl (C=O) groups excluding carboxylic acids is 1. The van der Waals surface area contributed by atoms with Gasteiger partial charge in [-0.1, -0.05) is 43.4 Å². The minimum atomic E-state index is -0.448. The van der Waals surface area contributed by atoms with Crippen molar-refractivity contribution in [2.45, 2.75) is 77.4 Å². The van der Waals surface area contributed by atoms with Gasteiger partial charge in [-0.25, -0.2) is 4.79 Å². The van der Waals surface area contributed by atoms with E-state index >= 15 is 0 Å². The summed E-state index contributed by atoms with van der Waals surface area (Å²) in [5, 5.41) is 15.1. The molecule has 1 N–H and O–H groups in total. The number of anilines is 1. The zero-order valence-electron chi connectivity index (χ0n) is 18.3. The molecule has 166 valence electrons. The van der Waals surface area contributed by atoms with Crippen molar-refractivity contribution < 1.29 is 14.3 Å². The topological polar surface area (TPSA) is 91.2 Å². The number of nitrogens with zero attached hydrogens (tertiary/aromatic N) is 4. The Morgan fingerprint density at radius 3 is 2.68 bits per heavy atom. The lowest BCUT2D eigenvalue weighted by molar-refractivity contribution is -0.146. The molecule has 0 radical (unpaired) electrons. The maximum Gasteiger partial charge on any atom is 0.338 e. The zero-order chi connectivity index (χ0) is 21.6. The number of carbonyl (C=O) groups is 1. The van der Waals surface area contributed by atoms with Crippen LogP contribution >= 0.6 is 0 Å². The van der Waals surface area contributed by atoms with Crippen LogP contribution in [0.25, 0.3) is 0 Å². The second-order valence-corrected chi connectivity index (χ2v) is 8.30. The number of nitrogens with one attached hydrogen (secondary N) is 1. The highest BCUT2D eigenvalue weighted by Gasteiger charge is 2.36. The molecule has 1 aliphatic heterocycles. The normalized spacial score (nSPS) is 19.0. The average molecular weight is 426 g/mol. The first-order valence-corrected chi connectivity index (χ1v) is 11.4. The Hall–Kier alpha value is -2.90. The van der Waals surface area contributed by atoms with Gasteiger partial charge in [0.2, 0.25) is 5.95 Å². The SMILES string of the molecule is CCCCCOc1ccc(C2C(C(=O)OC3CCCCC3)=C(C)Nc3nnnn32)cc1. The van der Waals surface area contributed by atoms with Gasteiger partial charge in [-0.15, -0.1) is 0 Å². The Morgan fingerprint density at radius 2 is 1.94 bits per heavy atom. The summed E-state index contributed by atoms with van der Waals surface area (Å²) in [4.78, 5) is 13.2. The molecule has 1 fully saturated rings. The second kappa shape index (κ2) is 9.94. The van der Waals surface area contributed by atoms with E-state index in [0.29, 0.717) is 23.8 Å². The van der Waals surface area contributed by atoms with E-state index in [0.717, 1.165) is 56.3 Å². The molecule has 1 atom stereocenters. The van der Waals surface area contributed by atoms with Crippen LogP contribution in [-0.4, -0.2) is 38.9 Å². The molecular formula is C23H31N5O3. The third kappa shape index (κ3) is 4.89. The molecule has 1 aliphatic carbocycles. The Morgan fingerprint density at radius 1 is 1.16 bits per heavy atom. The molecule has 1 aromatic carbocycles. The number of unbranched alkanes of at least 4 members (excludes halogenated alkanes) is 2. The molecule has 1 unspecified atom stereocenters. The van der Waals surface area contributed by atoms with Gasteiger partial charge in [-0.3, -0.25) is 0 Å². The molecule has 31 heavy (non-hydrogen) atoms. The lowest BCUT2D eigenvalue weighted by Gasteiger charge is -2.29. The summed E-state index contributed by atoms with van der Waals surface area (Å²) in [5.74, 6) is 1.03. The van der Waals surface area contributed by atoms with Gasteiger partial charge in [0.05, 0.1) is 12.2 Å². The average Bonchev–Trinajstić information content (AvgIpc) is 3.25. The van der Waals surface area contributed by atoms with Gasteiger partial charge in [-0.05, 0) is 67.2 Å². The van der Waals surface area contributed by atoms with E-state index in [4.69, 9.17) is 9.47 Å². The fourth-order valence-electron chi connectivity index (χ4n) is 4.27. The van der Waals surface area contributed by atoms with E-state index in [1.807, 2.05) is 31.2 Å². The number of esters is 1. The fourth-order valence-corrected chi connectivity index (χ4v) is 4.27. The van der Waals surface area contributed by atoms with Gasteiger partial charge >= 0.3 is 5.97 Å². The van der Waals surface area contributed by atoms with Gasteiger partial charge in [-0.2, -0.15) is 4.68 Å². The Labute approximate surface area is 183 Å². The molecule has 0 amide bonds. The number of tetrazole rings is 1. The van der Waals surface area contributed by atoms with Crippen LogP contribution in [0, 0.1) is 0 Å². The van der Waals surface area contributed by atoms with E-state index in [1.165, 1.54) is 6.42 Å². The number of aromatic nitrogens is 4. The predicted molar refractivity (Wildman–Crippen MR) is 117 cm³/mol. The summed E-state index contributed by atoms with van der Waals surface area (Å²) in [7, 11) is 0. The molecule has 0 saturated heterocycles. The highest BCUT2D eigenvalue weighted by Crippen LogP contribution is 2.36. The van der Waals surface area contributed by atoms with E-state index in [1.54, 1.807) is 4.68 Å². The molecule has 8 heteroatoms. The van der Waals surface area contributed by atoms with Crippen LogP contribution < -0.4 is 10.1 Å². The standard InChI is InChI=1S/C23H31N5O3/c1-3-4-8-15-30-18-13-11-17(12-14-18)21-20(16(2)24-23-25-26-27-28(21)23)22(29)31-19-9-6-5-7-10-19/h11-14,19,21H,3-10,15H2,1-2H3,(H,24,25,27). The number of hydrogen-bond donors (Lipinski definition) is 1. The summed E-state index contributed by atoms with van der Waals surface area (Å²) in [5.41, 5.74) is 2.17. The van der Waals surface area contributed by atoms with E-state index in [9.17, 15) is 4.79 Å². The third-order valence-electron chi connectivity index (χ3n) is 5.97. The van der Waals surface area contributed by atoms with Gasteiger partial charge in [0.15, 0.2) is 0 Å². The van der Waals surface area contributed by atoms with Crippen molar-refractivity contribution in [3.05, 3.63) is 41.1 Å². The molecule has 1 saturated carbocycles. The van der Waals surface area contributed by atoms with Crippen molar-refractivity contribution in [2.24, 2.45) is 0 Å². The van der Waals surface area contributed by atoms with Crippen LogP contribution in [0.5, 0.6) is 5.75 Å². The molecule has 1 aromatic heterocycles. The molecule has 2 aromatic rings. The first-order valence-electron chi connectivity index (χ1n) is 11.4. The first kappa shape index (κ1) is 21.3. The van der Waals surface area contributed by atoms with Crippen LogP contribution in [0.1, 0.15) is 76.8 Å². The largest absolute Gasteiger partial charge is 0.494 e. The molecule has 2 heterocycles. The van der Waals surface area contributed by atoms with Gasteiger partial charge < -0.3 is 14.8 Å². The van der Waals surface area contributed by atoms with Crippen LogP contribution in [0.2, 0.25) is 0 Å². The smallest absolute Gasteiger partial charge is 0.338 e. The Kier molecular flexibility index (Phi) is 6.84. The number of benzene rings is 1. The number of hydrogen-bond acceptors (Lipinski definition) is 7. The van der Waals surface area contributed by atoms with Crippen molar-refractivity contribution in [1.82, 2.24) is 20.2 Å². The minimum absolute atomic E-state index is 0.0173. The number of ether oxygens (including phenoxy) is 2. The highest BCUT2D eigenvalue weighted by atomic mass is 16.5. The molecule has 8 nitrogen and oxygen atoms in total. The summed E-state index contributed by atoms with van der Waals surface area (Å²) >= 11 is 0. The Balaban J connectivity index is 1.56. The number of fused-ring (bicyclic) bond motifs is 1. The van der Waals surface area contributed by atoms with E-state index in [-0.39, 0.29) is 12.1 Å². The van der Waals surface area contributed by atoms with Crippen molar-refractivity contribution in [3.63, 3.8) is 0 Å². The first-order chi connectivity index (χ1) is 15.2. The maximum atomic E-state index is 13.2. The van der Waals surface area contributed by atoms with Crippen LogP contribution in [0.4, 0.5) is 5.95 Å². The lowest BCUT2D eigenvalue weighted by Crippen LogP contribution is -2.32. The third-order valence-corrected chi connectivity index (χ3v) is 5.97. The molecular weight excluding hydrogens is 394 g/mol. The predicted octanol–water partition coefficient (Wildman–Crippen LogP) is 4.41. The van der Waals surface area contributed by atoms with Gasteiger partial charge in [0, 0.05) is 5.70 Å². The zero-order valence-corrected chi connectivity index (χ0v) is 18.3. The fraction of sp³-hybridized carbons (Fsp3) is 0.565. The molecule has 0 spiro atoms. The van der Waals surface area contributed by atoms with E-state index < -0.39 is 6.04 Å². The Bertz CT molecular complexity index is 916. The quantitative estimate of drug-likeness (QED) is 0.495. The highest BCUT2D eigenvalue weighted by molar-refractivity contribution is 5.92. The van der Waals surface area contributed by atoms with Gasteiger partial charge in [0.25, 0.3) is 0 Å². The van der Waals surface area contributed by atoms with Crippen LogP contribution in [-0.2, 0) is 9.53 Å². The maximum absolute atomic E-state index is 13.2. The number of rotatable bonds is 8. The monoisotopic (exact) mass is 425 g/mol. The summed E-state index contributed by atoms with van der Waals surface area (Å²) < 4.78 is 13.4. The van der Waals surface area contributed by atoms with Crippen LogP contribution in [0.3, 0.4) is 0 Å². The van der Waals surface area contributed by atoms with Gasteiger partial charge in [0.1, 0.15) is 17.9 Å². The van der Waals surface area contributed by atoms with Crippen molar-refractivity contribution >= 4 is 11.9 Å². The van der Waals surface area contributed by atoms with Crippen molar-refractivity contribution in [3.8, 4) is 5.75 Å². The van der Waals surface area contributed by atoms with Crippen LogP contribution in [0.15, 0.2) is 35.5 Å². The second-order valence-electron chi connectivity index (χ2n) is 8.30. The molecule has 2 aliphatic rings. The number of allylic oxidation sites excluding steroid dienone is 1. The molecule has 4 rings (SSSR count). The van der Waals surface area contributed by atoms with E-state index in [2.05, 4.69) is 27.8 Å². The molecule has 0 bridgehead atoms. The van der Waals surface area contributed by atoms with Crippen molar-refractivity contribution in [1.29, 1.82) is 0 Å². The summed E-state index contributed by atoms with van der Waals surface area (Å²) in [6.45, 7) is 4.75. The summed E-state index contributed by atoms with van der Waals surface area (Å²) in [6, 6.07) is 7.37. The summed E-state index contributed by atoms with van der Waals surface area (Å²) in [6.07, 6.45) is 8.62.